The zero-order valence-corrected chi connectivity index (χ0v) is 21.3. The molecular formula is C23H35N5O8. The highest BCUT2D eigenvalue weighted by Gasteiger charge is 2.60. The van der Waals surface area contributed by atoms with Gasteiger partial charge in [0.05, 0.1) is 0 Å². The molecule has 0 unspecified atom stereocenters. The number of hydrogen-bond donors (Lipinski definition) is 2. The summed E-state index contributed by atoms with van der Waals surface area (Å²) in [4.78, 5) is 40.5. The van der Waals surface area contributed by atoms with Crippen LogP contribution in [0.2, 0.25) is 0 Å². The van der Waals surface area contributed by atoms with E-state index in [-0.39, 0.29) is 18.3 Å². The largest absolute Gasteiger partial charge is 0.461 e. The highest BCUT2D eigenvalue weighted by molar-refractivity contribution is 5.88. The van der Waals surface area contributed by atoms with E-state index in [9.17, 15) is 14.4 Å². The number of carbonyl (C=O) groups is 3. The van der Waals surface area contributed by atoms with Crippen LogP contribution in [-0.4, -0.2) is 75.1 Å². The Morgan fingerprint density at radius 2 is 1.89 bits per heavy atom. The normalized spacial score (nSPS) is 27.7. The van der Waals surface area contributed by atoms with Crippen LogP contribution in [0.25, 0.3) is 0 Å². The fourth-order valence-corrected chi connectivity index (χ4v) is 4.69. The Balaban J connectivity index is 1.45. The molecule has 13 heteroatoms. The average molecular weight is 510 g/mol. The van der Waals surface area contributed by atoms with E-state index in [1.807, 2.05) is 0 Å². The van der Waals surface area contributed by atoms with Gasteiger partial charge in [0.25, 0.3) is 5.91 Å². The molecule has 1 spiro atoms. The third-order valence-corrected chi connectivity index (χ3v) is 6.32. The summed E-state index contributed by atoms with van der Waals surface area (Å²) in [5.41, 5.74) is 4.58. The van der Waals surface area contributed by atoms with Gasteiger partial charge < -0.3 is 34.7 Å². The van der Waals surface area contributed by atoms with Gasteiger partial charge >= 0.3 is 12.1 Å². The van der Waals surface area contributed by atoms with Gasteiger partial charge in [-0.1, -0.05) is 13.8 Å². The van der Waals surface area contributed by atoms with Gasteiger partial charge in [0.2, 0.25) is 5.82 Å². The van der Waals surface area contributed by atoms with Crippen molar-refractivity contribution < 1.29 is 38.1 Å². The minimum Gasteiger partial charge on any atom is -0.461 e. The van der Waals surface area contributed by atoms with E-state index in [1.54, 1.807) is 34.6 Å². The highest BCUT2D eigenvalue weighted by atomic mass is 16.8. The first-order valence-electron chi connectivity index (χ1n) is 12.3. The van der Waals surface area contributed by atoms with E-state index in [0.717, 1.165) is 25.7 Å². The number of esters is 1. The molecule has 5 atom stereocenters. The zero-order valence-electron chi connectivity index (χ0n) is 21.3. The van der Waals surface area contributed by atoms with Crippen molar-refractivity contribution in [2.24, 2.45) is 11.7 Å². The third-order valence-electron chi connectivity index (χ3n) is 6.32. The van der Waals surface area contributed by atoms with Crippen LogP contribution in [0.5, 0.6) is 0 Å². The molecule has 3 aliphatic rings. The summed E-state index contributed by atoms with van der Waals surface area (Å²) in [7, 11) is 0. The second-order valence-electron chi connectivity index (χ2n) is 10.8. The number of aromatic nitrogens is 3. The molecule has 1 aromatic heterocycles. The minimum absolute atomic E-state index is 0.132. The summed E-state index contributed by atoms with van der Waals surface area (Å²) in [6.07, 6.45) is 1.60. The second kappa shape index (κ2) is 9.94. The second-order valence-corrected chi connectivity index (χ2v) is 10.8. The zero-order chi connectivity index (χ0) is 26.3. The van der Waals surface area contributed by atoms with E-state index < -0.39 is 59.9 Å². The number of nitrogens with zero attached hydrogens (tertiary/aromatic N) is 3. The van der Waals surface area contributed by atoms with E-state index >= 15 is 0 Å². The number of carbonyl (C=O) groups excluding carboxylic acids is 3. The first-order chi connectivity index (χ1) is 16.9. The molecule has 1 aliphatic carbocycles. The van der Waals surface area contributed by atoms with Crippen LogP contribution in [-0.2, 0) is 28.5 Å². The quantitative estimate of drug-likeness (QED) is 0.513. The van der Waals surface area contributed by atoms with Gasteiger partial charge in [-0.15, -0.1) is 5.10 Å². The van der Waals surface area contributed by atoms with Crippen molar-refractivity contribution in [3.63, 3.8) is 0 Å². The maximum atomic E-state index is 12.9. The maximum Gasteiger partial charge on any atom is 0.408 e. The Morgan fingerprint density at radius 3 is 2.47 bits per heavy atom. The topological polar surface area (TPSA) is 166 Å². The van der Waals surface area contributed by atoms with Crippen LogP contribution in [0.3, 0.4) is 0 Å². The number of rotatable bonds is 7. The molecule has 0 bridgehead atoms. The predicted molar refractivity (Wildman–Crippen MR) is 122 cm³/mol. The monoisotopic (exact) mass is 509 g/mol. The molecule has 3 heterocycles. The summed E-state index contributed by atoms with van der Waals surface area (Å²) < 4.78 is 31.0. The van der Waals surface area contributed by atoms with Crippen molar-refractivity contribution in [1.82, 2.24) is 20.1 Å². The van der Waals surface area contributed by atoms with Gasteiger partial charge in [-0.25, -0.2) is 19.3 Å². The van der Waals surface area contributed by atoms with Gasteiger partial charge in [0.1, 0.15) is 42.9 Å². The molecule has 3 N–H and O–H groups in total. The van der Waals surface area contributed by atoms with Gasteiger partial charge in [0, 0.05) is 12.8 Å². The van der Waals surface area contributed by atoms with E-state index in [1.165, 1.54) is 11.0 Å². The van der Waals surface area contributed by atoms with Crippen molar-refractivity contribution in [3.05, 3.63) is 12.2 Å². The number of nitrogens with two attached hydrogens (primary N) is 1. The lowest BCUT2D eigenvalue weighted by Crippen LogP contribution is -2.48. The Kier molecular flexibility index (Phi) is 7.26. The predicted octanol–water partition coefficient (Wildman–Crippen LogP) is 1.42. The number of ether oxygens (including phenoxy) is 5. The summed E-state index contributed by atoms with van der Waals surface area (Å²) in [6, 6.07) is -0.914. The molecule has 13 nitrogen and oxygen atoms in total. The fraction of sp³-hybridized carbons (Fsp3) is 0.783. The standard InChI is InChI=1S/C23H35N5O8/c1-12(2)14(26-21(31)36-22(3,4)5)20(30)32-10-13-15-16(35-23(34-15)8-6-7-9-23)19(33-13)28-11-25-18(27-28)17(24)29/h11-16,19H,6-10H2,1-5H3,(H2,24,29)(H,26,31)/t13-,14-,15-,16-,19-/m0/s1. The molecule has 3 fully saturated rings. The lowest BCUT2D eigenvalue weighted by molar-refractivity contribution is -0.218. The molecule has 0 radical (unpaired) electrons. The van der Waals surface area contributed by atoms with Gasteiger partial charge in [0.15, 0.2) is 12.0 Å². The molecule has 4 rings (SSSR count). The lowest BCUT2D eigenvalue weighted by atomic mass is 10.1. The maximum absolute atomic E-state index is 12.9. The van der Waals surface area contributed by atoms with Crippen LogP contribution in [0.1, 0.15) is 77.1 Å². The van der Waals surface area contributed by atoms with Crippen molar-refractivity contribution in [3.8, 4) is 0 Å². The molecule has 1 saturated carbocycles. The van der Waals surface area contributed by atoms with Crippen LogP contribution in [0.15, 0.2) is 6.33 Å². The van der Waals surface area contributed by atoms with Crippen molar-refractivity contribution in [1.29, 1.82) is 0 Å². The molecule has 0 aromatic carbocycles. The van der Waals surface area contributed by atoms with E-state index in [4.69, 9.17) is 29.4 Å². The van der Waals surface area contributed by atoms with Crippen molar-refractivity contribution >= 4 is 18.0 Å². The van der Waals surface area contributed by atoms with Gasteiger partial charge in [-0.3, -0.25) is 4.79 Å². The van der Waals surface area contributed by atoms with Crippen LogP contribution >= 0.6 is 0 Å². The number of primary amides is 1. The smallest absolute Gasteiger partial charge is 0.408 e. The number of amides is 2. The summed E-state index contributed by atoms with van der Waals surface area (Å²) in [5, 5.41) is 6.69. The minimum atomic E-state index is -0.914. The number of nitrogens with one attached hydrogen (secondary N) is 1. The molecule has 2 amide bonds. The SMILES string of the molecule is CC(C)[C@H](NC(=O)OC(C)(C)C)C(=O)OC[C@@H]1O[C@H](n2cnc(C(N)=O)n2)[C@H]2OC3(CCCC3)O[C@H]21. The Labute approximate surface area is 209 Å². The fourth-order valence-electron chi connectivity index (χ4n) is 4.69. The van der Waals surface area contributed by atoms with Crippen LogP contribution in [0.4, 0.5) is 4.79 Å². The van der Waals surface area contributed by atoms with Crippen molar-refractivity contribution in [2.45, 2.75) is 102 Å². The van der Waals surface area contributed by atoms with E-state index in [2.05, 4.69) is 15.4 Å². The van der Waals surface area contributed by atoms with E-state index in [0.29, 0.717) is 0 Å². The lowest BCUT2D eigenvalue weighted by Gasteiger charge is -2.27. The molecule has 36 heavy (non-hydrogen) atoms. The summed E-state index contributed by atoms with van der Waals surface area (Å²) in [6.45, 7) is 8.67. The van der Waals surface area contributed by atoms with Gasteiger partial charge in [-0.05, 0) is 39.5 Å². The first kappa shape index (κ1) is 26.3. The molecule has 1 aromatic rings. The van der Waals surface area contributed by atoms with Gasteiger partial charge in [-0.2, -0.15) is 0 Å². The highest BCUT2D eigenvalue weighted by Crippen LogP contribution is 2.49. The summed E-state index contributed by atoms with van der Waals surface area (Å²) in [5.74, 6) is -2.49. The van der Waals surface area contributed by atoms with Crippen molar-refractivity contribution in [2.75, 3.05) is 6.61 Å². The number of fused-ring (bicyclic) bond motifs is 1. The Hall–Kier alpha value is -2.77. The summed E-state index contributed by atoms with van der Waals surface area (Å²) >= 11 is 0. The number of alkyl carbamates (subject to hydrolysis) is 1. The average Bonchev–Trinajstić information content (AvgIpc) is 3.54. The Bertz CT molecular complexity index is 983. The first-order valence-corrected chi connectivity index (χ1v) is 12.3. The van der Waals surface area contributed by atoms with Crippen LogP contribution < -0.4 is 11.1 Å². The molecule has 2 saturated heterocycles. The Morgan fingerprint density at radius 1 is 1.22 bits per heavy atom. The molecular weight excluding hydrogens is 474 g/mol. The van der Waals surface area contributed by atoms with Crippen LogP contribution in [0, 0.1) is 5.92 Å². The molecule has 2 aliphatic heterocycles. The number of hydrogen-bond acceptors (Lipinski definition) is 10. The molecule has 200 valence electrons. The third kappa shape index (κ3) is 5.62.